The van der Waals surface area contributed by atoms with Crippen LogP contribution in [0.4, 0.5) is 33.3 Å². The van der Waals surface area contributed by atoms with E-state index in [0.29, 0.717) is 40.4 Å². The fourth-order valence-electron chi connectivity index (χ4n) is 10.3. The third-order valence-electron chi connectivity index (χ3n) is 13.6. The first-order chi connectivity index (χ1) is 29.6. The summed E-state index contributed by atoms with van der Waals surface area (Å²) < 4.78 is 69.5. The molecule has 2 saturated heterocycles. The van der Waals surface area contributed by atoms with Crippen LogP contribution in [0.15, 0.2) is 54.7 Å². The van der Waals surface area contributed by atoms with Crippen LogP contribution >= 0.6 is 0 Å². The van der Waals surface area contributed by atoms with Crippen molar-refractivity contribution in [3.63, 3.8) is 0 Å². The van der Waals surface area contributed by atoms with E-state index in [1.54, 1.807) is 29.1 Å². The summed E-state index contributed by atoms with van der Waals surface area (Å²) >= 11 is 0. The molecule has 4 fully saturated rings. The lowest BCUT2D eigenvalue weighted by Crippen LogP contribution is -2.54. The third kappa shape index (κ3) is 8.04. The molecule has 1 atom stereocenters. The summed E-state index contributed by atoms with van der Waals surface area (Å²) in [5.74, 6) is -2.17. The molecule has 2 aromatic heterocycles. The van der Waals surface area contributed by atoms with E-state index in [0.717, 1.165) is 94.1 Å². The number of hydrogen-bond acceptors (Lipinski definition) is 9. The van der Waals surface area contributed by atoms with Gasteiger partial charge in [-0.15, -0.1) is 0 Å². The highest BCUT2D eigenvalue weighted by atomic mass is 19.4. The number of hydrogen-bond donors (Lipinski definition) is 3. The summed E-state index contributed by atoms with van der Waals surface area (Å²) in [5, 5.41) is 13.1. The zero-order chi connectivity index (χ0) is 43.5. The van der Waals surface area contributed by atoms with Gasteiger partial charge in [0.15, 0.2) is 0 Å². The average molecular weight is 861 g/mol. The molecule has 18 heteroatoms. The molecule has 5 heterocycles. The Morgan fingerprint density at radius 1 is 0.903 bits per heavy atom. The molecule has 2 aliphatic carbocycles. The Morgan fingerprint density at radius 2 is 1.65 bits per heavy atom. The minimum atomic E-state index is -4.77. The number of likely N-dealkylation sites (tertiary alicyclic amines) is 1. The summed E-state index contributed by atoms with van der Waals surface area (Å²) in [6, 6.07) is 9.61. The molecule has 1 unspecified atom stereocenters. The second-order valence-corrected chi connectivity index (χ2v) is 17.6. The molecule has 5 amide bonds. The number of piperidine rings is 2. The van der Waals surface area contributed by atoms with E-state index >= 15 is 0 Å². The van der Waals surface area contributed by atoms with Crippen molar-refractivity contribution >= 4 is 51.8 Å². The molecule has 0 radical (unpaired) electrons. The molecule has 62 heavy (non-hydrogen) atoms. The number of nitrogens with one attached hydrogen (secondary N) is 3. The van der Waals surface area contributed by atoms with Gasteiger partial charge in [-0.2, -0.15) is 18.3 Å². The van der Waals surface area contributed by atoms with Crippen molar-refractivity contribution in [2.75, 3.05) is 36.8 Å². The second kappa shape index (κ2) is 16.2. The molecule has 9 rings (SSSR count). The lowest BCUT2D eigenvalue weighted by molar-refractivity contribution is -0.141. The van der Waals surface area contributed by atoms with Gasteiger partial charge in [0.05, 0.1) is 28.4 Å². The molecule has 4 aromatic rings. The fraction of sp³-hybridized carbons (Fsp3) is 0.477. The van der Waals surface area contributed by atoms with Gasteiger partial charge >= 0.3 is 6.18 Å². The zero-order valence-corrected chi connectivity index (χ0v) is 33.6. The van der Waals surface area contributed by atoms with Crippen LogP contribution in [0.5, 0.6) is 0 Å². The van der Waals surface area contributed by atoms with Gasteiger partial charge in [-0.25, -0.2) is 13.8 Å². The first-order valence-corrected chi connectivity index (χ1v) is 21.1. The van der Waals surface area contributed by atoms with Gasteiger partial charge < -0.3 is 15.5 Å². The van der Waals surface area contributed by atoms with Crippen LogP contribution in [0.3, 0.4) is 0 Å². The van der Waals surface area contributed by atoms with Crippen LogP contribution in [0.1, 0.15) is 119 Å². The highest BCUT2D eigenvalue weighted by molar-refractivity contribution is 6.25. The monoisotopic (exact) mass is 860 g/mol. The number of imide groups is 2. The van der Waals surface area contributed by atoms with Crippen molar-refractivity contribution < 1.29 is 45.9 Å². The maximum Gasteiger partial charge on any atom is 0.433 e. The molecule has 2 aromatic carbocycles. The summed E-state index contributed by atoms with van der Waals surface area (Å²) in [7, 11) is 0. The van der Waals surface area contributed by atoms with Crippen molar-refractivity contribution in [2.24, 2.45) is 17.3 Å². The molecular formula is C44H45F5N8O5. The SMILES string of the molecule is O=C1CCC(N2C(=O)c3cccc(NCC4CC5(CCN(C[C@H]6CC[C@H](n7cc8cc(NC(=O)c9cccc(C(F)(F)F)n9)c(C(F)F)cc8n7)CC6)CC5)C4)c3C2=O)C(=O)N1. The predicted molar refractivity (Wildman–Crippen MR) is 215 cm³/mol. The van der Waals surface area contributed by atoms with Crippen molar-refractivity contribution in [2.45, 2.75) is 88.9 Å². The Kier molecular flexibility index (Phi) is 10.8. The molecular weight excluding hydrogens is 816 g/mol. The van der Waals surface area contributed by atoms with Crippen molar-refractivity contribution in [3.05, 3.63) is 82.8 Å². The van der Waals surface area contributed by atoms with Crippen molar-refractivity contribution in [1.82, 2.24) is 29.9 Å². The Labute approximate surface area is 352 Å². The summed E-state index contributed by atoms with van der Waals surface area (Å²) in [6.45, 7) is 3.73. The van der Waals surface area contributed by atoms with Gasteiger partial charge in [0.2, 0.25) is 11.8 Å². The lowest BCUT2D eigenvalue weighted by Gasteiger charge is -2.53. The smallest absolute Gasteiger partial charge is 0.384 e. The molecule has 1 spiro atoms. The van der Waals surface area contributed by atoms with E-state index in [2.05, 4.69) is 30.9 Å². The average Bonchev–Trinajstić information content (AvgIpc) is 3.76. The number of alkyl halides is 5. The standard InChI is InChI=1S/C44H45F5N8O5/c45-38(46)29-18-32-26(17-33(29)52-39(59)31-5-2-6-35(51-31)44(47,48)49)23-56(54-32)27-9-7-24(8-10-27)22-55-15-13-43(14-16-55)19-25(20-43)21-50-30-4-1-3-28-37(30)42(62)57(41(28)61)34-11-12-36(58)53-40(34)60/h1-6,17-18,23-25,27,34,38,50H,7-16,19-22H2,(H,52,59)(H,53,58,60)/t24-,27-,34?. The number of anilines is 2. The van der Waals surface area contributed by atoms with Gasteiger partial charge in [-0.1, -0.05) is 12.1 Å². The van der Waals surface area contributed by atoms with Crippen LogP contribution in [0.2, 0.25) is 0 Å². The van der Waals surface area contributed by atoms with Crippen LogP contribution in [-0.4, -0.2) is 86.3 Å². The highest BCUT2D eigenvalue weighted by Crippen LogP contribution is 2.53. The number of pyridine rings is 1. The Bertz CT molecular complexity index is 2450. The van der Waals surface area contributed by atoms with E-state index in [1.807, 2.05) is 0 Å². The normalized spacial score (nSPS) is 23.2. The zero-order valence-electron chi connectivity index (χ0n) is 33.6. The van der Waals surface area contributed by atoms with Crippen molar-refractivity contribution in [3.8, 4) is 0 Å². The highest BCUT2D eigenvalue weighted by Gasteiger charge is 2.48. The van der Waals surface area contributed by atoms with E-state index in [4.69, 9.17) is 0 Å². The summed E-state index contributed by atoms with van der Waals surface area (Å²) in [6.07, 6.45) is 2.33. The van der Waals surface area contributed by atoms with E-state index in [-0.39, 0.29) is 35.7 Å². The first-order valence-electron chi connectivity index (χ1n) is 21.1. The second-order valence-electron chi connectivity index (χ2n) is 17.6. The van der Waals surface area contributed by atoms with Gasteiger partial charge in [0.1, 0.15) is 17.4 Å². The summed E-state index contributed by atoms with van der Waals surface area (Å²) in [4.78, 5) is 70.6. The molecule has 5 aliphatic rings. The van der Waals surface area contributed by atoms with Crippen LogP contribution in [0.25, 0.3) is 10.9 Å². The topological polar surface area (TPSA) is 159 Å². The van der Waals surface area contributed by atoms with E-state index in [9.17, 15) is 45.9 Å². The number of aromatic nitrogens is 3. The van der Waals surface area contributed by atoms with Gasteiger partial charge in [-0.3, -0.25) is 38.9 Å². The van der Waals surface area contributed by atoms with Crippen molar-refractivity contribution in [1.29, 1.82) is 0 Å². The Balaban J connectivity index is 0.740. The maximum atomic E-state index is 14.1. The Morgan fingerprint density at radius 3 is 2.35 bits per heavy atom. The molecule has 3 N–H and O–H groups in total. The van der Waals surface area contributed by atoms with Gasteiger partial charge in [-0.05, 0) is 125 Å². The van der Waals surface area contributed by atoms with Crippen LogP contribution < -0.4 is 16.0 Å². The van der Waals surface area contributed by atoms with Crippen LogP contribution in [0, 0.1) is 17.3 Å². The van der Waals surface area contributed by atoms with Gasteiger partial charge in [0.25, 0.3) is 24.1 Å². The minimum Gasteiger partial charge on any atom is -0.384 e. The van der Waals surface area contributed by atoms with Gasteiger partial charge in [0, 0.05) is 42.3 Å². The van der Waals surface area contributed by atoms with E-state index in [1.165, 1.54) is 12.1 Å². The third-order valence-corrected chi connectivity index (χ3v) is 13.6. The number of benzene rings is 2. The number of fused-ring (bicyclic) bond motifs is 2. The molecule has 2 saturated carbocycles. The summed E-state index contributed by atoms with van der Waals surface area (Å²) in [5.41, 5.74) is -0.761. The van der Waals surface area contributed by atoms with Crippen LogP contribution in [-0.2, 0) is 15.8 Å². The minimum absolute atomic E-state index is 0.0650. The Hall–Kier alpha value is -5.78. The molecule has 0 bridgehead atoms. The molecule has 3 aliphatic heterocycles. The number of carbonyl (C=O) groups excluding carboxylic acids is 5. The quantitative estimate of drug-likeness (QED) is 0.109. The fourth-order valence-corrected chi connectivity index (χ4v) is 10.3. The number of amides is 5. The maximum absolute atomic E-state index is 14.1. The number of rotatable bonds is 10. The largest absolute Gasteiger partial charge is 0.433 e. The first kappa shape index (κ1) is 41.6. The lowest BCUT2D eigenvalue weighted by atomic mass is 9.57. The number of carbonyl (C=O) groups is 5. The number of nitrogens with zero attached hydrogens (tertiary/aromatic N) is 5. The van der Waals surface area contributed by atoms with E-state index < -0.39 is 65.1 Å². The number of halogens is 5. The molecule has 13 nitrogen and oxygen atoms in total. The molecule has 326 valence electrons. The predicted octanol–water partition coefficient (Wildman–Crippen LogP) is 7.38.